The van der Waals surface area contributed by atoms with Gasteiger partial charge in [0.25, 0.3) is 10.2 Å². The number of rotatable bonds is 9. The Morgan fingerprint density at radius 1 is 1.47 bits per heavy atom. The molecule has 4 N–H and O–H groups in total. The van der Waals surface area contributed by atoms with Crippen LogP contribution in [0.1, 0.15) is 24.1 Å². The second kappa shape index (κ2) is 7.59. The number of nitrogens with one attached hydrogen (secondary N) is 2. The van der Waals surface area contributed by atoms with Crippen molar-refractivity contribution in [3.05, 3.63) is 17.5 Å². The molecule has 1 heterocycles. The second-order valence-electron chi connectivity index (χ2n) is 4.49. The highest BCUT2D eigenvalue weighted by molar-refractivity contribution is 7.87. The molecule has 0 saturated heterocycles. The van der Waals surface area contributed by atoms with E-state index in [1.54, 1.807) is 13.2 Å². The van der Waals surface area contributed by atoms with Gasteiger partial charge in [-0.1, -0.05) is 0 Å². The van der Waals surface area contributed by atoms with E-state index < -0.39 is 10.2 Å². The number of hydrogen-bond acceptors (Lipinski definition) is 4. The van der Waals surface area contributed by atoms with E-state index in [9.17, 15) is 8.42 Å². The number of hydrogen-bond donors (Lipinski definition) is 3. The molecule has 110 valence electrons. The van der Waals surface area contributed by atoms with Crippen molar-refractivity contribution in [2.24, 2.45) is 5.73 Å². The number of H-pyrrole nitrogens is 1. The summed E-state index contributed by atoms with van der Waals surface area (Å²) in [6, 6.07) is 0. The summed E-state index contributed by atoms with van der Waals surface area (Å²) in [6.45, 7) is 3.29. The molecule has 0 bridgehead atoms. The van der Waals surface area contributed by atoms with Crippen LogP contribution in [0.5, 0.6) is 0 Å². The van der Waals surface area contributed by atoms with Crippen LogP contribution in [0.4, 0.5) is 0 Å². The molecule has 0 aliphatic heterocycles. The molecule has 8 heteroatoms. The molecule has 0 atom stereocenters. The van der Waals surface area contributed by atoms with Crippen LogP contribution < -0.4 is 10.5 Å². The lowest BCUT2D eigenvalue weighted by atomic mass is 10.1. The summed E-state index contributed by atoms with van der Waals surface area (Å²) < 4.78 is 27.5. The average Bonchev–Trinajstić information content (AvgIpc) is 2.77. The Bertz CT molecular complexity index is 471. The van der Waals surface area contributed by atoms with E-state index in [0.29, 0.717) is 26.1 Å². The van der Waals surface area contributed by atoms with E-state index in [-0.39, 0.29) is 0 Å². The van der Waals surface area contributed by atoms with E-state index in [2.05, 4.69) is 14.9 Å². The minimum Gasteiger partial charge on any atom is -0.330 e. The van der Waals surface area contributed by atoms with Crippen molar-refractivity contribution < 1.29 is 8.42 Å². The lowest BCUT2D eigenvalue weighted by Gasteiger charge is -2.17. The Labute approximate surface area is 114 Å². The maximum atomic E-state index is 11.8. The molecule has 1 aromatic heterocycles. The first-order valence-electron chi connectivity index (χ1n) is 6.37. The van der Waals surface area contributed by atoms with Gasteiger partial charge in [-0.3, -0.25) is 5.10 Å². The summed E-state index contributed by atoms with van der Waals surface area (Å²) in [5.74, 6) is 0. The third-order valence-corrected chi connectivity index (χ3v) is 4.50. The smallest absolute Gasteiger partial charge is 0.279 e. The van der Waals surface area contributed by atoms with Crippen molar-refractivity contribution >= 4 is 10.2 Å². The number of nitrogens with two attached hydrogens (primary N) is 1. The van der Waals surface area contributed by atoms with Crippen LogP contribution in [-0.4, -0.2) is 49.6 Å². The van der Waals surface area contributed by atoms with Crippen LogP contribution in [-0.2, 0) is 16.6 Å². The molecule has 0 fully saturated rings. The molecule has 0 amide bonds. The van der Waals surface area contributed by atoms with Gasteiger partial charge in [-0.15, -0.1) is 0 Å². The van der Waals surface area contributed by atoms with Gasteiger partial charge in [-0.05, 0) is 38.3 Å². The monoisotopic (exact) mass is 289 g/mol. The molecular weight excluding hydrogens is 266 g/mol. The summed E-state index contributed by atoms with van der Waals surface area (Å²) in [6.07, 6.45) is 3.98. The second-order valence-corrected chi connectivity index (χ2v) is 6.35. The number of aryl methyl sites for hydroxylation is 2. The Morgan fingerprint density at radius 2 is 2.21 bits per heavy atom. The SMILES string of the molecule is Cc1[nH]ncc1CCCNS(=O)(=O)N(C)CCCN. The Morgan fingerprint density at radius 3 is 2.79 bits per heavy atom. The van der Waals surface area contributed by atoms with Gasteiger partial charge in [-0.2, -0.15) is 17.8 Å². The maximum absolute atomic E-state index is 11.8. The van der Waals surface area contributed by atoms with Gasteiger partial charge in [0.1, 0.15) is 0 Å². The van der Waals surface area contributed by atoms with Crippen LogP contribution in [0.25, 0.3) is 0 Å². The molecule has 1 rings (SSSR count). The predicted molar refractivity (Wildman–Crippen MR) is 74.9 cm³/mol. The van der Waals surface area contributed by atoms with Crippen molar-refractivity contribution in [1.29, 1.82) is 0 Å². The van der Waals surface area contributed by atoms with Crippen molar-refractivity contribution in [3.63, 3.8) is 0 Å². The third kappa shape index (κ3) is 5.27. The fraction of sp³-hybridized carbons (Fsp3) is 0.727. The molecule has 0 saturated carbocycles. The minimum atomic E-state index is -3.38. The minimum absolute atomic E-state index is 0.417. The molecule has 19 heavy (non-hydrogen) atoms. The standard InChI is InChI=1S/C11H23N5O2S/c1-10-11(9-13-15-10)5-3-7-14-19(17,18)16(2)8-4-6-12/h9,14H,3-8,12H2,1-2H3,(H,13,15). The third-order valence-electron chi connectivity index (χ3n) is 2.93. The van der Waals surface area contributed by atoms with Crippen LogP contribution >= 0.6 is 0 Å². The molecule has 0 unspecified atom stereocenters. The summed E-state index contributed by atoms with van der Waals surface area (Å²) in [5.41, 5.74) is 7.51. The van der Waals surface area contributed by atoms with Crippen molar-refractivity contribution in [3.8, 4) is 0 Å². The van der Waals surface area contributed by atoms with Gasteiger partial charge in [0.05, 0.1) is 6.20 Å². The lowest BCUT2D eigenvalue weighted by Crippen LogP contribution is -2.39. The van der Waals surface area contributed by atoms with Gasteiger partial charge in [0.15, 0.2) is 0 Å². The van der Waals surface area contributed by atoms with Crippen molar-refractivity contribution in [2.45, 2.75) is 26.2 Å². The van der Waals surface area contributed by atoms with E-state index in [4.69, 9.17) is 5.73 Å². The molecule has 0 aliphatic rings. The first-order chi connectivity index (χ1) is 8.97. The summed E-state index contributed by atoms with van der Waals surface area (Å²) in [5, 5.41) is 6.79. The fourth-order valence-corrected chi connectivity index (χ4v) is 2.64. The van der Waals surface area contributed by atoms with Gasteiger partial charge in [0, 0.05) is 25.8 Å². The maximum Gasteiger partial charge on any atom is 0.279 e. The summed E-state index contributed by atoms with van der Waals surface area (Å²) in [7, 11) is -1.83. The Hall–Kier alpha value is -0.960. The highest BCUT2D eigenvalue weighted by Gasteiger charge is 2.15. The predicted octanol–water partition coefficient (Wildman–Crippen LogP) is -0.234. The zero-order valence-electron chi connectivity index (χ0n) is 11.5. The van der Waals surface area contributed by atoms with E-state index in [0.717, 1.165) is 24.1 Å². The molecule has 0 aromatic carbocycles. The van der Waals surface area contributed by atoms with E-state index in [1.165, 1.54) is 4.31 Å². The van der Waals surface area contributed by atoms with Crippen LogP contribution in [0, 0.1) is 6.92 Å². The van der Waals surface area contributed by atoms with E-state index >= 15 is 0 Å². The fourth-order valence-electron chi connectivity index (χ4n) is 1.65. The van der Waals surface area contributed by atoms with Gasteiger partial charge < -0.3 is 5.73 Å². The number of aromatic amines is 1. The van der Waals surface area contributed by atoms with Crippen LogP contribution in [0.15, 0.2) is 6.20 Å². The molecule has 1 aromatic rings. The molecule has 7 nitrogen and oxygen atoms in total. The molecule has 0 aliphatic carbocycles. The summed E-state index contributed by atoms with van der Waals surface area (Å²) >= 11 is 0. The first kappa shape index (κ1) is 16.1. The Balaban J connectivity index is 2.30. The number of aromatic nitrogens is 2. The largest absolute Gasteiger partial charge is 0.330 e. The van der Waals surface area contributed by atoms with Gasteiger partial charge in [-0.25, -0.2) is 4.72 Å². The zero-order chi connectivity index (χ0) is 14.3. The highest BCUT2D eigenvalue weighted by Crippen LogP contribution is 2.05. The topological polar surface area (TPSA) is 104 Å². The Kier molecular flexibility index (Phi) is 6.43. The van der Waals surface area contributed by atoms with E-state index in [1.807, 2.05) is 6.92 Å². The molecule has 0 radical (unpaired) electrons. The molecule has 0 spiro atoms. The quantitative estimate of drug-likeness (QED) is 0.546. The van der Waals surface area contributed by atoms with Gasteiger partial charge >= 0.3 is 0 Å². The molecular formula is C11H23N5O2S. The van der Waals surface area contributed by atoms with Crippen LogP contribution in [0.3, 0.4) is 0 Å². The lowest BCUT2D eigenvalue weighted by molar-refractivity contribution is 0.452. The number of nitrogens with zero attached hydrogens (tertiary/aromatic N) is 2. The van der Waals surface area contributed by atoms with Gasteiger partial charge in [0.2, 0.25) is 0 Å². The summed E-state index contributed by atoms with van der Waals surface area (Å²) in [4.78, 5) is 0. The first-order valence-corrected chi connectivity index (χ1v) is 7.81. The van der Waals surface area contributed by atoms with Crippen LogP contribution in [0.2, 0.25) is 0 Å². The zero-order valence-corrected chi connectivity index (χ0v) is 12.3. The van der Waals surface area contributed by atoms with Crippen molar-refractivity contribution in [2.75, 3.05) is 26.7 Å². The highest BCUT2D eigenvalue weighted by atomic mass is 32.2. The normalized spacial score (nSPS) is 12.2. The average molecular weight is 289 g/mol. The van der Waals surface area contributed by atoms with Crippen molar-refractivity contribution in [1.82, 2.24) is 19.2 Å².